The van der Waals surface area contributed by atoms with E-state index in [1.165, 1.54) is 0 Å². The normalized spacial score (nSPS) is 11.3. The van der Waals surface area contributed by atoms with Gasteiger partial charge in [0, 0.05) is 28.5 Å². The number of fused-ring (bicyclic) bond motifs is 2. The van der Waals surface area contributed by atoms with Gasteiger partial charge in [0.25, 0.3) is 0 Å². The lowest BCUT2D eigenvalue weighted by atomic mass is 9.91. The summed E-state index contributed by atoms with van der Waals surface area (Å²) in [6.45, 7) is 0. The van der Waals surface area contributed by atoms with E-state index in [0.29, 0.717) is 11.8 Å². The van der Waals surface area contributed by atoms with Crippen LogP contribution in [-0.4, -0.2) is 19.9 Å². The SMILES string of the molecule is c1ccc(-c2ccc(-c3ccccc3-c3ccc(-c4nc5ccccc5o4)cc3)c(-c3ccc(-c4ccc(-c5nc6ccccc6o5)cc4)cc3)n2)nc1. The number of hydrogen-bond donors (Lipinski definition) is 0. The molecule has 4 aromatic heterocycles. The van der Waals surface area contributed by atoms with Crippen molar-refractivity contribution in [1.82, 2.24) is 19.9 Å². The minimum atomic E-state index is 0.607. The molecule has 0 bridgehead atoms. The molecule has 254 valence electrons. The average Bonchev–Trinajstić information content (AvgIpc) is 3.89. The number of hydrogen-bond acceptors (Lipinski definition) is 6. The molecule has 0 spiro atoms. The van der Waals surface area contributed by atoms with E-state index in [2.05, 4.69) is 119 Å². The molecule has 4 heterocycles. The predicted molar refractivity (Wildman–Crippen MR) is 215 cm³/mol. The third kappa shape index (κ3) is 5.82. The van der Waals surface area contributed by atoms with Gasteiger partial charge >= 0.3 is 0 Å². The fraction of sp³-hybridized carbons (Fsp3) is 0. The summed E-state index contributed by atoms with van der Waals surface area (Å²) in [4.78, 5) is 19.2. The third-order valence-electron chi connectivity index (χ3n) is 9.69. The van der Waals surface area contributed by atoms with Gasteiger partial charge in [-0.15, -0.1) is 0 Å². The molecule has 6 heteroatoms. The maximum Gasteiger partial charge on any atom is 0.227 e. The summed E-state index contributed by atoms with van der Waals surface area (Å²) in [5.41, 5.74) is 15.2. The second-order valence-corrected chi connectivity index (χ2v) is 13.1. The van der Waals surface area contributed by atoms with Gasteiger partial charge in [0.05, 0.1) is 17.1 Å². The minimum Gasteiger partial charge on any atom is -0.436 e. The van der Waals surface area contributed by atoms with Gasteiger partial charge in [-0.3, -0.25) is 4.98 Å². The first-order chi connectivity index (χ1) is 26.7. The summed E-state index contributed by atoms with van der Waals surface area (Å²) < 4.78 is 12.0. The molecule has 0 fully saturated rings. The Balaban J connectivity index is 1.01. The van der Waals surface area contributed by atoms with Crippen LogP contribution >= 0.6 is 0 Å². The zero-order chi connectivity index (χ0) is 35.8. The summed E-state index contributed by atoms with van der Waals surface area (Å²) in [5.74, 6) is 1.22. The van der Waals surface area contributed by atoms with E-state index in [1.807, 2.05) is 66.7 Å². The number of nitrogens with zero attached hydrogens (tertiary/aromatic N) is 4. The Labute approximate surface area is 311 Å². The Morgan fingerprint density at radius 3 is 1.39 bits per heavy atom. The average molecular weight is 695 g/mol. The first-order valence-electron chi connectivity index (χ1n) is 17.8. The summed E-state index contributed by atoms with van der Waals surface area (Å²) in [7, 11) is 0. The van der Waals surface area contributed by atoms with Crippen molar-refractivity contribution < 1.29 is 8.83 Å². The number of para-hydroxylation sites is 4. The van der Waals surface area contributed by atoms with Crippen LogP contribution in [0.25, 0.3) is 101 Å². The quantitative estimate of drug-likeness (QED) is 0.165. The van der Waals surface area contributed by atoms with Crippen molar-refractivity contribution in [3.63, 3.8) is 0 Å². The van der Waals surface area contributed by atoms with E-state index in [-0.39, 0.29) is 0 Å². The minimum absolute atomic E-state index is 0.607. The molecule has 10 aromatic rings. The molecule has 6 nitrogen and oxygen atoms in total. The Bertz CT molecular complexity index is 2850. The van der Waals surface area contributed by atoms with Gasteiger partial charge in [-0.25, -0.2) is 15.0 Å². The van der Waals surface area contributed by atoms with Crippen LogP contribution in [0.2, 0.25) is 0 Å². The second kappa shape index (κ2) is 13.3. The third-order valence-corrected chi connectivity index (χ3v) is 9.69. The Kier molecular flexibility index (Phi) is 7.69. The van der Waals surface area contributed by atoms with Gasteiger partial charge in [-0.2, -0.15) is 0 Å². The molecule has 0 saturated carbocycles. The zero-order valence-electron chi connectivity index (χ0n) is 28.9. The van der Waals surface area contributed by atoms with Crippen molar-refractivity contribution in [2.45, 2.75) is 0 Å². The summed E-state index contributed by atoms with van der Waals surface area (Å²) in [5, 5.41) is 0. The Hall–Kier alpha value is -7.44. The van der Waals surface area contributed by atoms with Crippen molar-refractivity contribution in [2.75, 3.05) is 0 Å². The molecule has 6 aromatic carbocycles. The topological polar surface area (TPSA) is 77.8 Å². The first-order valence-corrected chi connectivity index (χ1v) is 17.8. The lowest BCUT2D eigenvalue weighted by molar-refractivity contribution is 0.619. The molecule has 0 aliphatic rings. The number of rotatable bonds is 7. The van der Waals surface area contributed by atoms with Crippen LogP contribution < -0.4 is 0 Å². The number of oxazole rings is 2. The molecule has 54 heavy (non-hydrogen) atoms. The van der Waals surface area contributed by atoms with E-state index in [4.69, 9.17) is 18.8 Å². The zero-order valence-corrected chi connectivity index (χ0v) is 28.9. The lowest BCUT2D eigenvalue weighted by Gasteiger charge is -2.16. The summed E-state index contributed by atoms with van der Waals surface area (Å²) >= 11 is 0. The van der Waals surface area contributed by atoms with Crippen LogP contribution in [0.15, 0.2) is 191 Å². The fourth-order valence-corrected chi connectivity index (χ4v) is 6.93. The van der Waals surface area contributed by atoms with Gasteiger partial charge in [0.15, 0.2) is 11.2 Å². The fourth-order valence-electron chi connectivity index (χ4n) is 6.93. The molecule has 0 saturated heterocycles. The van der Waals surface area contributed by atoms with Crippen molar-refractivity contribution in [2.24, 2.45) is 0 Å². The van der Waals surface area contributed by atoms with Crippen molar-refractivity contribution in [1.29, 1.82) is 0 Å². The van der Waals surface area contributed by atoms with Crippen LogP contribution in [0, 0.1) is 0 Å². The summed E-state index contributed by atoms with van der Waals surface area (Å²) in [6.07, 6.45) is 1.80. The highest BCUT2D eigenvalue weighted by Gasteiger charge is 2.17. The van der Waals surface area contributed by atoms with E-state index in [1.54, 1.807) is 6.20 Å². The largest absolute Gasteiger partial charge is 0.436 e. The highest BCUT2D eigenvalue weighted by molar-refractivity contribution is 5.92. The molecular formula is C48H30N4O2. The highest BCUT2D eigenvalue weighted by Crippen LogP contribution is 2.40. The van der Waals surface area contributed by atoms with Gasteiger partial charge < -0.3 is 8.83 Å². The van der Waals surface area contributed by atoms with Crippen LogP contribution in [0.3, 0.4) is 0 Å². The van der Waals surface area contributed by atoms with Crippen molar-refractivity contribution in [3.05, 3.63) is 182 Å². The Morgan fingerprint density at radius 2 is 0.815 bits per heavy atom. The van der Waals surface area contributed by atoms with Crippen LogP contribution in [0.4, 0.5) is 0 Å². The van der Waals surface area contributed by atoms with Crippen LogP contribution in [0.5, 0.6) is 0 Å². The number of aromatic nitrogens is 4. The first kappa shape index (κ1) is 31.3. The van der Waals surface area contributed by atoms with Crippen LogP contribution in [-0.2, 0) is 0 Å². The molecule has 10 rings (SSSR count). The summed E-state index contributed by atoms with van der Waals surface area (Å²) in [6, 6.07) is 59.6. The van der Waals surface area contributed by atoms with Gasteiger partial charge in [-0.1, -0.05) is 103 Å². The number of pyridine rings is 2. The molecule has 0 amide bonds. The second-order valence-electron chi connectivity index (χ2n) is 13.1. The van der Waals surface area contributed by atoms with Crippen molar-refractivity contribution >= 4 is 22.2 Å². The monoisotopic (exact) mass is 694 g/mol. The molecule has 0 unspecified atom stereocenters. The van der Waals surface area contributed by atoms with E-state index in [0.717, 1.165) is 89.4 Å². The molecular weight excluding hydrogens is 665 g/mol. The molecule has 0 radical (unpaired) electrons. The highest BCUT2D eigenvalue weighted by atomic mass is 16.4. The van der Waals surface area contributed by atoms with Crippen LogP contribution in [0.1, 0.15) is 0 Å². The van der Waals surface area contributed by atoms with Crippen molar-refractivity contribution in [3.8, 4) is 78.9 Å². The van der Waals surface area contributed by atoms with Gasteiger partial charge in [0.1, 0.15) is 11.0 Å². The van der Waals surface area contributed by atoms with E-state index < -0.39 is 0 Å². The van der Waals surface area contributed by atoms with E-state index >= 15 is 0 Å². The van der Waals surface area contributed by atoms with E-state index in [9.17, 15) is 0 Å². The standard InChI is InChI=1S/C48H30N4O2/c1-2-10-38(37(9-1)33-20-26-36(27-21-33)48-52-43-13-4-6-15-45(43)54-48)39-28-29-41(40-11-7-8-30-49-40)50-46(39)34-22-16-31(17-23-34)32-18-24-35(25-19-32)47-51-42-12-3-5-14-44(42)53-47/h1-30H. The van der Waals surface area contributed by atoms with Gasteiger partial charge in [-0.05, 0) is 101 Å². The smallest absolute Gasteiger partial charge is 0.227 e. The molecule has 0 N–H and O–H groups in total. The van der Waals surface area contributed by atoms with Gasteiger partial charge in [0.2, 0.25) is 11.8 Å². The Morgan fingerprint density at radius 1 is 0.315 bits per heavy atom. The predicted octanol–water partition coefficient (Wildman–Crippen LogP) is 12.4. The molecule has 0 aliphatic heterocycles. The number of benzene rings is 6. The lowest BCUT2D eigenvalue weighted by Crippen LogP contribution is -1.95. The molecule has 0 atom stereocenters. The maximum atomic E-state index is 6.04. The molecule has 0 aliphatic carbocycles. The maximum absolute atomic E-state index is 6.04.